The van der Waals surface area contributed by atoms with Crippen LogP contribution < -0.4 is 10.9 Å². The molecule has 2 aromatic carbocycles. The minimum Gasteiger partial charge on any atom is -0.320 e. The molecule has 2 heterocycles. The van der Waals surface area contributed by atoms with E-state index in [0.29, 0.717) is 12.1 Å². The van der Waals surface area contributed by atoms with Gasteiger partial charge >= 0.3 is 0 Å². The number of allylic oxidation sites excluding steroid dienone is 2. The molecule has 1 amide bonds. The SMILES string of the molecule is Cc1c(NC(=O)C2CC=CCC2c2nc3ccccc3s2)c(=O)n(-c2ccccc2)n1C. The van der Waals surface area contributed by atoms with Gasteiger partial charge in [0, 0.05) is 13.0 Å². The molecule has 0 bridgehead atoms. The molecule has 4 aromatic rings. The minimum absolute atomic E-state index is 0.00207. The third-order valence-electron chi connectivity index (χ3n) is 6.20. The molecule has 0 radical (unpaired) electrons. The predicted molar refractivity (Wildman–Crippen MR) is 129 cm³/mol. The lowest BCUT2D eigenvalue weighted by Gasteiger charge is -2.25. The Kier molecular flexibility index (Phi) is 5.27. The zero-order valence-corrected chi connectivity index (χ0v) is 18.8. The minimum atomic E-state index is -0.273. The van der Waals surface area contributed by atoms with Crippen LogP contribution in [0.25, 0.3) is 15.9 Å². The average molecular weight is 445 g/mol. The smallest absolute Gasteiger partial charge is 0.295 e. The Bertz CT molecular complexity index is 1350. The van der Waals surface area contributed by atoms with Crippen LogP contribution in [0.2, 0.25) is 0 Å². The summed E-state index contributed by atoms with van der Waals surface area (Å²) in [4.78, 5) is 31.4. The molecule has 1 aliphatic carbocycles. The van der Waals surface area contributed by atoms with Gasteiger partial charge in [-0.1, -0.05) is 42.5 Å². The standard InChI is InChI=1S/C25H24N4O2S/c1-16-22(25(31)29(28(16)2)17-10-4-3-5-11-17)27-23(30)18-12-6-7-13-19(18)24-26-20-14-8-9-15-21(20)32-24/h3-11,14-15,18-19H,12-13H2,1-2H3,(H,27,30). The molecule has 2 aromatic heterocycles. The van der Waals surface area contributed by atoms with Crippen molar-refractivity contribution >= 4 is 33.1 Å². The molecule has 2 unspecified atom stereocenters. The quantitative estimate of drug-likeness (QED) is 0.461. The Morgan fingerprint density at radius 1 is 1.06 bits per heavy atom. The van der Waals surface area contributed by atoms with Crippen molar-refractivity contribution in [2.75, 3.05) is 5.32 Å². The number of hydrogen-bond acceptors (Lipinski definition) is 4. The van der Waals surface area contributed by atoms with Crippen molar-refractivity contribution in [1.29, 1.82) is 0 Å². The van der Waals surface area contributed by atoms with E-state index < -0.39 is 0 Å². The zero-order valence-electron chi connectivity index (χ0n) is 18.0. The topological polar surface area (TPSA) is 68.9 Å². The fraction of sp³-hybridized carbons (Fsp3) is 0.240. The van der Waals surface area contributed by atoms with E-state index in [0.717, 1.165) is 33.0 Å². The highest BCUT2D eigenvalue weighted by molar-refractivity contribution is 7.18. The molecule has 6 nitrogen and oxygen atoms in total. The van der Waals surface area contributed by atoms with Crippen molar-refractivity contribution in [3.63, 3.8) is 0 Å². The number of aromatic nitrogens is 3. The summed E-state index contributed by atoms with van der Waals surface area (Å²) in [5, 5.41) is 3.94. The van der Waals surface area contributed by atoms with Crippen LogP contribution in [-0.4, -0.2) is 20.3 Å². The van der Waals surface area contributed by atoms with Gasteiger partial charge in [0.25, 0.3) is 5.56 Å². The van der Waals surface area contributed by atoms with Gasteiger partial charge in [-0.2, -0.15) is 0 Å². The Morgan fingerprint density at radius 2 is 1.78 bits per heavy atom. The van der Waals surface area contributed by atoms with Crippen molar-refractivity contribution < 1.29 is 4.79 Å². The second-order valence-electron chi connectivity index (χ2n) is 8.10. The van der Waals surface area contributed by atoms with E-state index in [9.17, 15) is 9.59 Å². The number of fused-ring (bicyclic) bond motifs is 1. The second kappa shape index (κ2) is 8.24. The Hall–Kier alpha value is -3.45. The number of amides is 1. The first kappa shape index (κ1) is 20.5. The lowest BCUT2D eigenvalue weighted by atomic mass is 9.82. The van der Waals surface area contributed by atoms with Gasteiger partial charge in [-0.15, -0.1) is 11.3 Å². The number of nitrogens with one attached hydrogen (secondary N) is 1. The number of hydrogen-bond donors (Lipinski definition) is 1. The predicted octanol–water partition coefficient (Wildman–Crippen LogP) is 4.78. The van der Waals surface area contributed by atoms with Crippen molar-refractivity contribution in [3.8, 4) is 5.69 Å². The molecule has 0 fully saturated rings. The van der Waals surface area contributed by atoms with E-state index in [4.69, 9.17) is 4.98 Å². The summed E-state index contributed by atoms with van der Waals surface area (Å²) >= 11 is 1.65. The Morgan fingerprint density at radius 3 is 2.56 bits per heavy atom. The second-order valence-corrected chi connectivity index (χ2v) is 9.16. The fourth-order valence-electron chi connectivity index (χ4n) is 4.35. The summed E-state index contributed by atoms with van der Waals surface area (Å²) in [5.41, 5.74) is 2.55. The van der Waals surface area contributed by atoms with E-state index in [2.05, 4.69) is 17.5 Å². The number of nitrogens with zero attached hydrogens (tertiary/aromatic N) is 3. The molecule has 162 valence electrons. The molecule has 0 spiro atoms. The van der Waals surface area contributed by atoms with E-state index in [-0.39, 0.29) is 23.3 Å². The van der Waals surface area contributed by atoms with Gasteiger partial charge in [0.1, 0.15) is 5.69 Å². The van der Waals surface area contributed by atoms with Crippen molar-refractivity contribution in [1.82, 2.24) is 14.3 Å². The fourth-order valence-corrected chi connectivity index (χ4v) is 5.50. The van der Waals surface area contributed by atoms with Crippen molar-refractivity contribution in [2.45, 2.75) is 25.7 Å². The van der Waals surface area contributed by atoms with Crippen molar-refractivity contribution in [3.05, 3.63) is 87.8 Å². The molecule has 7 heteroatoms. The zero-order chi connectivity index (χ0) is 22.2. The first-order chi connectivity index (χ1) is 15.5. The van der Waals surface area contributed by atoms with Gasteiger partial charge in [0.05, 0.1) is 32.5 Å². The van der Waals surface area contributed by atoms with Crippen LogP contribution >= 0.6 is 11.3 Å². The average Bonchev–Trinajstić information content (AvgIpc) is 3.34. The van der Waals surface area contributed by atoms with Gasteiger partial charge in [-0.3, -0.25) is 14.3 Å². The van der Waals surface area contributed by atoms with Crippen LogP contribution in [-0.2, 0) is 11.8 Å². The number of carbonyl (C=O) groups excluding carboxylic acids is 1. The molecule has 0 saturated heterocycles. The number of benzene rings is 2. The summed E-state index contributed by atoms with van der Waals surface area (Å²) in [7, 11) is 1.83. The summed E-state index contributed by atoms with van der Waals surface area (Å²) in [6.07, 6.45) is 5.57. The number of thiazole rings is 1. The lowest BCUT2D eigenvalue weighted by molar-refractivity contribution is -0.120. The van der Waals surface area contributed by atoms with E-state index in [1.807, 2.05) is 68.6 Å². The normalized spacial score (nSPS) is 18.2. The maximum atomic E-state index is 13.4. The third kappa shape index (κ3) is 3.48. The van der Waals surface area contributed by atoms with E-state index >= 15 is 0 Å². The lowest BCUT2D eigenvalue weighted by Crippen LogP contribution is -2.31. The van der Waals surface area contributed by atoms with Crippen molar-refractivity contribution in [2.24, 2.45) is 13.0 Å². The molecule has 32 heavy (non-hydrogen) atoms. The molecular formula is C25H24N4O2S. The molecule has 1 aliphatic rings. The highest BCUT2D eigenvalue weighted by Crippen LogP contribution is 2.39. The van der Waals surface area contributed by atoms with Gasteiger partial charge in [0.15, 0.2) is 0 Å². The first-order valence-corrected chi connectivity index (χ1v) is 11.5. The van der Waals surface area contributed by atoms with E-state index in [1.165, 1.54) is 0 Å². The number of rotatable bonds is 4. The molecule has 2 atom stereocenters. The molecule has 0 aliphatic heterocycles. The van der Waals surface area contributed by atoms with E-state index in [1.54, 1.807) is 20.7 Å². The van der Waals surface area contributed by atoms with Gasteiger partial charge in [-0.05, 0) is 44.0 Å². The number of carbonyl (C=O) groups is 1. The first-order valence-electron chi connectivity index (χ1n) is 10.7. The molecule has 5 rings (SSSR count). The monoisotopic (exact) mass is 444 g/mol. The third-order valence-corrected chi connectivity index (χ3v) is 7.37. The maximum Gasteiger partial charge on any atom is 0.295 e. The summed E-state index contributed by atoms with van der Waals surface area (Å²) in [6, 6.07) is 17.5. The van der Waals surface area contributed by atoms with Crippen LogP contribution in [0.15, 0.2) is 71.5 Å². The van der Waals surface area contributed by atoms with Gasteiger partial charge in [0.2, 0.25) is 5.91 Å². The van der Waals surface area contributed by atoms with Gasteiger partial charge < -0.3 is 5.32 Å². The van der Waals surface area contributed by atoms with Crippen LogP contribution in [0, 0.1) is 12.8 Å². The van der Waals surface area contributed by atoms with Crippen LogP contribution in [0.4, 0.5) is 5.69 Å². The van der Waals surface area contributed by atoms with Crippen LogP contribution in [0.5, 0.6) is 0 Å². The Balaban J connectivity index is 1.46. The maximum absolute atomic E-state index is 13.4. The molecular weight excluding hydrogens is 420 g/mol. The number of anilines is 1. The highest BCUT2D eigenvalue weighted by atomic mass is 32.1. The number of para-hydroxylation sites is 2. The highest BCUT2D eigenvalue weighted by Gasteiger charge is 2.33. The summed E-state index contributed by atoms with van der Waals surface area (Å²) in [5.74, 6) is -0.410. The molecule has 1 N–H and O–H groups in total. The summed E-state index contributed by atoms with van der Waals surface area (Å²) in [6.45, 7) is 1.85. The largest absolute Gasteiger partial charge is 0.320 e. The Labute approximate surface area is 189 Å². The summed E-state index contributed by atoms with van der Waals surface area (Å²) < 4.78 is 4.48. The van der Waals surface area contributed by atoms with Gasteiger partial charge in [-0.25, -0.2) is 9.67 Å². The van der Waals surface area contributed by atoms with Crippen LogP contribution in [0.1, 0.15) is 29.5 Å². The molecule has 0 saturated carbocycles. The van der Waals surface area contributed by atoms with Crippen LogP contribution in [0.3, 0.4) is 0 Å².